The van der Waals surface area contributed by atoms with Crippen LogP contribution in [0.3, 0.4) is 0 Å². The molecule has 0 N–H and O–H groups in total. The van der Waals surface area contributed by atoms with Crippen molar-refractivity contribution in [3.05, 3.63) is 0 Å². The Labute approximate surface area is 97.2 Å². The molecule has 0 atom stereocenters. The van der Waals surface area contributed by atoms with Gasteiger partial charge in [-0.2, -0.15) is 0 Å². The van der Waals surface area contributed by atoms with Gasteiger partial charge >= 0.3 is 0 Å². The van der Waals surface area contributed by atoms with Gasteiger partial charge in [-0.3, -0.25) is 4.79 Å². The highest BCUT2D eigenvalue weighted by Crippen LogP contribution is 2.26. The number of hydrogen-bond donors (Lipinski definition) is 0. The molecule has 0 amide bonds. The molecule has 4 heteroatoms. The molecule has 0 bridgehead atoms. The summed E-state index contributed by atoms with van der Waals surface area (Å²) < 4.78 is 16.2. The van der Waals surface area contributed by atoms with Gasteiger partial charge in [0.05, 0.1) is 0 Å². The van der Waals surface area contributed by atoms with E-state index in [1.54, 1.807) is 0 Å². The van der Waals surface area contributed by atoms with Crippen molar-refractivity contribution in [2.75, 3.05) is 33.0 Å². The molecule has 1 saturated heterocycles. The van der Waals surface area contributed by atoms with Crippen LogP contribution in [0.5, 0.6) is 0 Å². The first-order valence-corrected chi connectivity index (χ1v) is 6.08. The van der Waals surface area contributed by atoms with Crippen molar-refractivity contribution < 1.29 is 19.0 Å². The smallest absolute Gasteiger partial charge is 0.190 e. The third kappa shape index (κ3) is 3.54. The highest BCUT2D eigenvalue weighted by Gasteiger charge is 2.40. The molecule has 0 aromatic heterocycles. The summed E-state index contributed by atoms with van der Waals surface area (Å²) >= 11 is 0. The first-order chi connectivity index (χ1) is 7.75. The van der Waals surface area contributed by atoms with E-state index in [-0.39, 0.29) is 12.4 Å². The lowest BCUT2D eigenvalue weighted by atomic mass is 9.89. The highest BCUT2D eigenvalue weighted by molar-refractivity contribution is 5.88. The average molecular weight is 230 g/mol. The van der Waals surface area contributed by atoms with Gasteiger partial charge in [0.2, 0.25) is 0 Å². The van der Waals surface area contributed by atoms with E-state index in [1.807, 2.05) is 13.8 Å². The van der Waals surface area contributed by atoms with Gasteiger partial charge in [-0.1, -0.05) is 6.92 Å². The van der Waals surface area contributed by atoms with Crippen LogP contribution in [0.15, 0.2) is 0 Å². The fraction of sp³-hybridized carbons (Fsp3) is 0.917. The summed E-state index contributed by atoms with van der Waals surface area (Å²) in [6.45, 7) is 6.48. The van der Waals surface area contributed by atoms with E-state index in [0.717, 1.165) is 6.42 Å². The third-order valence-corrected chi connectivity index (χ3v) is 2.81. The summed E-state index contributed by atoms with van der Waals surface area (Å²) in [5.74, 6) is 0.0612. The van der Waals surface area contributed by atoms with E-state index in [1.165, 1.54) is 0 Å². The molecule has 0 aliphatic carbocycles. The van der Waals surface area contributed by atoms with Crippen LogP contribution in [0.1, 0.15) is 33.1 Å². The van der Waals surface area contributed by atoms with Gasteiger partial charge in [-0.05, 0) is 13.3 Å². The minimum atomic E-state index is -0.652. The fourth-order valence-electron chi connectivity index (χ4n) is 1.92. The lowest BCUT2D eigenvalue weighted by molar-refractivity contribution is -0.161. The minimum absolute atomic E-state index is 0.0612. The van der Waals surface area contributed by atoms with Crippen LogP contribution < -0.4 is 0 Å². The number of carbonyl (C=O) groups excluding carboxylic acids is 1. The molecule has 1 aliphatic heterocycles. The quantitative estimate of drug-likeness (QED) is 0.623. The van der Waals surface area contributed by atoms with E-state index in [0.29, 0.717) is 39.3 Å². The largest absolute Gasteiger partial charge is 0.381 e. The summed E-state index contributed by atoms with van der Waals surface area (Å²) in [5.41, 5.74) is -0.652. The summed E-state index contributed by atoms with van der Waals surface area (Å²) in [5, 5.41) is 0. The van der Waals surface area contributed by atoms with E-state index in [4.69, 9.17) is 14.2 Å². The van der Waals surface area contributed by atoms with E-state index in [9.17, 15) is 4.79 Å². The number of carbonyl (C=O) groups is 1. The zero-order valence-electron chi connectivity index (χ0n) is 10.3. The second-order valence-electron chi connectivity index (χ2n) is 4.02. The van der Waals surface area contributed by atoms with Crippen LogP contribution in [-0.2, 0) is 19.0 Å². The Morgan fingerprint density at radius 3 is 2.56 bits per heavy atom. The number of Topliss-reactive ketones (excluding diaryl/α,β-unsaturated/α-hetero) is 1. The van der Waals surface area contributed by atoms with Crippen molar-refractivity contribution in [3.8, 4) is 0 Å². The van der Waals surface area contributed by atoms with E-state index >= 15 is 0 Å². The predicted octanol–water partition coefficient (Wildman–Crippen LogP) is 1.57. The molecule has 0 unspecified atom stereocenters. The highest BCUT2D eigenvalue weighted by atomic mass is 16.5. The Bertz CT molecular complexity index is 204. The Hall–Kier alpha value is -0.450. The molecule has 16 heavy (non-hydrogen) atoms. The van der Waals surface area contributed by atoms with Gasteiger partial charge in [-0.15, -0.1) is 0 Å². The van der Waals surface area contributed by atoms with E-state index < -0.39 is 5.60 Å². The minimum Gasteiger partial charge on any atom is -0.381 e. The maximum atomic E-state index is 12.1. The number of hydrogen-bond acceptors (Lipinski definition) is 4. The zero-order chi connectivity index (χ0) is 11.9. The molecule has 94 valence electrons. The molecule has 1 heterocycles. The predicted molar refractivity (Wildman–Crippen MR) is 60.5 cm³/mol. The van der Waals surface area contributed by atoms with Crippen LogP contribution in [0, 0.1) is 0 Å². The lowest BCUT2D eigenvalue weighted by Crippen LogP contribution is -2.48. The summed E-state index contributed by atoms with van der Waals surface area (Å²) in [6.07, 6.45) is 2.22. The molecule has 1 aliphatic rings. The van der Waals surface area contributed by atoms with E-state index in [2.05, 4.69) is 0 Å². The van der Waals surface area contributed by atoms with Crippen LogP contribution >= 0.6 is 0 Å². The molecule has 4 nitrogen and oxygen atoms in total. The van der Waals surface area contributed by atoms with Crippen molar-refractivity contribution in [1.29, 1.82) is 0 Å². The molecular weight excluding hydrogens is 208 g/mol. The van der Waals surface area contributed by atoms with Crippen molar-refractivity contribution in [1.82, 2.24) is 0 Å². The Balaban J connectivity index is 2.50. The number of ether oxygens (including phenoxy) is 3. The molecular formula is C12H22O4. The van der Waals surface area contributed by atoms with Gasteiger partial charge in [0.1, 0.15) is 12.2 Å². The topological polar surface area (TPSA) is 44.8 Å². The third-order valence-electron chi connectivity index (χ3n) is 2.81. The Kier molecular flexibility index (Phi) is 5.95. The number of rotatable bonds is 7. The Morgan fingerprint density at radius 2 is 2.00 bits per heavy atom. The Morgan fingerprint density at radius 1 is 1.31 bits per heavy atom. The fourth-order valence-corrected chi connectivity index (χ4v) is 1.92. The van der Waals surface area contributed by atoms with Gasteiger partial charge in [0.15, 0.2) is 5.78 Å². The van der Waals surface area contributed by atoms with Crippen LogP contribution in [0.2, 0.25) is 0 Å². The molecule has 0 radical (unpaired) electrons. The van der Waals surface area contributed by atoms with Crippen molar-refractivity contribution >= 4 is 5.78 Å². The van der Waals surface area contributed by atoms with Gasteiger partial charge < -0.3 is 14.2 Å². The second kappa shape index (κ2) is 6.99. The van der Waals surface area contributed by atoms with Crippen LogP contribution in [0.25, 0.3) is 0 Å². The first-order valence-electron chi connectivity index (χ1n) is 6.08. The first kappa shape index (κ1) is 13.6. The molecule has 0 saturated carbocycles. The number of ketones is 1. The summed E-state index contributed by atoms with van der Waals surface area (Å²) in [7, 11) is 0. The van der Waals surface area contributed by atoms with Gasteiger partial charge in [0.25, 0.3) is 0 Å². The average Bonchev–Trinajstić information content (AvgIpc) is 2.31. The van der Waals surface area contributed by atoms with Gasteiger partial charge in [0, 0.05) is 39.3 Å². The molecule has 0 spiro atoms. The maximum absolute atomic E-state index is 12.1. The van der Waals surface area contributed by atoms with Crippen molar-refractivity contribution in [3.63, 3.8) is 0 Å². The van der Waals surface area contributed by atoms with Gasteiger partial charge in [-0.25, -0.2) is 0 Å². The maximum Gasteiger partial charge on any atom is 0.190 e. The monoisotopic (exact) mass is 230 g/mol. The summed E-state index contributed by atoms with van der Waals surface area (Å²) in [4.78, 5) is 12.1. The SMILES string of the molecule is CCCOCC(=O)C1(OCC)CCOCC1. The normalized spacial score (nSPS) is 19.6. The van der Waals surface area contributed by atoms with Crippen LogP contribution in [0.4, 0.5) is 0 Å². The second-order valence-corrected chi connectivity index (χ2v) is 4.02. The molecule has 1 fully saturated rings. The molecule has 1 rings (SSSR count). The lowest BCUT2D eigenvalue weighted by Gasteiger charge is -2.35. The summed E-state index contributed by atoms with van der Waals surface area (Å²) in [6, 6.07) is 0. The van der Waals surface area contributed by atoms with Crippen molar-refractivity contribution in [2.45, 2.75) is 38.7 Å². The molecule has 0 aromatic carbocycles. The van der Waals surface area contributed by atoms with Crippen molar-refractivity contribution in [2.24, 2.45) is 0 Å². The molecule has 0 aromatic rings. The van der Waals surface area contributed by atoms with Crippen LogP contribution in [-0.4, -0.2) is 44.4 Å². The standard InChI is InChI=1S/C12H22O4/c1-3-7-15-10-11(13)12(16-4-2)5-8-14-9-6-12/h3-10H2,1-2H3. The zero-order valence-corrected chi connectivity index (χ0v) is 10.3.